The second kappa shape index (κ2) is 5.71. The summed E-state index contributed by atoms with van der Waals surface area (Å²) >= 11 is 3.25. The number of nitrogens with one attached hydrogen (secondary N) is 1. The van der Waals surface area contributed by atoms with Crippen molar-refractivity contribution in [2.45, 2.75) is 6.04 Å². The van der Waals surface area contributed by atoms with Crippen LogP contribution >= 0.6 is 15.9 Å². The molecule has 0 bridgehead atoms. The first-order valence-corrected chi connectivity index (χ1v) is 7.04. The minimum atomic E-state index is -0.417. The van der Waals surface area contributed by atoms with Gasteiger partial charge in [-0.15, -0.1) is 5.10 Å². The smallest absolute Gasteiger partial charge is 0.217 e. The molecule has 6 nitrogen and oxygen atoms in total. The molecule has 0 aliphatic heterocycles. The van der Waals surface area contributed by atoms with Gasteiger partial charge >= 0.3 is 0 Å². The topological polar surface area (TPSA) is 90.0 Å². The number of rotatable bonds is 4. The molecule has 0 amide bonds. The zero-order valence-electron chi connectivity index (χ0n) is 11.2. The molecule has 2 aromatic heterocycles. The fourth-order valence-corrected chi connectivity index (χ4v) is 2.26. The molecule has 0 saturated carbocycles. The summed E-state index contributed by atoms with van der Waals surface area (Å²) in [6, 6.07) is 10.7. The first-order valence-electron chi connectivity index (χ1n) is 6.25. The third kappa shape index (κ3) is 2.84. The van der Waals surface area contributed by atoms with E-state index in [0.29, 0.717) is 22.1 Å². The zero-order chi connectivity index (χ0) is 14.8. The van der Waals surface area contributed by atoms with Crippen molar-refractivity contribution in [3.63, 3.8) is 0 Å². The molecule has 1 unspecified atom stereocenters. The highest BCUT2D eigenvalue weighted by atomic mass is 79.9. The summed E-state index contributed by atoms with van der Waals surface area (Å²) in [5.41, 5.74) is 7.09. The number of furan rings is 1. The summed E-state index contributed by atoms with van der Waals surface area (Å²) in [5.74, 6) is 2.35. The van der Waals surface area contributed by atoms with Gasteiger partial charge < -0.3 is 14.9 Å². The molecule has 0 spiro atoms. The van der Waals surface area contributed by atoms with Crippen LogP contribution in [0.15, 0.2) is 45.5 Å². The van der Waals surface area contributed by atoms with Crippen molar-refractivity contribution in [3.8, 4) is 17.3 Å². The monoisotopic (exact) mass is 348 g/mol. The average Bonchev–Trinajstić information content (AvgIpc) is 3.15. The minimum absolute atomic E-state index is 0.417. The fraction of sp³-hybridized carbons (Fsp3) is 0.143. The maximum atomic E-state index is 6.21. The third-order valence-corrected chi connectivity index (χ3v) is 3.47. The van der Waals surface area contributed by atoms with Gasteiger partial charge in [-0.1, -0.05) is 12.1 Å². The summed E-state index contributed by atoms with van der Waals surface area (Å²) in [7, 11) is 1.62. The van der Waals surface area contributed by atoms with Crippen LogP contribution in [-0.4, -0.2) is 22.3 Å². The number of ether oxygens (including phenoxy) is 1. The van der Waals surface area contributed by atoms with Gasteiger partial charge in [0.15, 0.2) is 10.4 Å². The molecule has 0 aliphatic carbocycles. The first kappa shape index (κ1) is 13.8. The van der Waals surface area contributed by atoms with Crippen LogP contribution < -0.4 is 10.5 Å². The van der Waals surface area contributed by atoms with Gasteiger partial charge in [0.1, 0.15) is 11.6 Å². The largest absolute Gasteiger partial charge is 0.497 e. The number of H-pyrrole nitrogens is 1. The third-order valence-electron chi connectivity index (χ3n) is 3.04. The molecule has 0 radical (unpaired) electrons. The molecule has 108 valence electrons. The highest BCUT2D eigenvalue weighted by molar-refractivity contribution is 9.10. The van der Waals surface area contributed by atoms with Crippen LogP contribution in [0.3, 0.4) is 0 Å². The lowest BCUT2D eigenvalue weighted by Crippen LogP contribution is -2.13. The van der Waals surface area contributed by atoms with Gasteiger partial charge in [-0.05, 0) is 45.8 Å². The molecule has 0 fully saturated rings. The second-order valence-electron chi connectivity index (χ2n) is 4.40. The lowest BCUT2D eigenvalue weighted by atomic mass is 10.1. The van der Waals surface area contributed by atoms with E-state index in [0.717, 1.165) is 11.3 Å². The van der Waals surface area contributed by atoms with Crippen molar-refractivity contribution < 1.29 is 9.15 Å². The number of benzene rings is 1. The molecule has 7 heteroatoms. The van der Waals surface area contributed by atoms with Gasteiger partial charge in [0, 0.05) is 0 Å². The number of hydrogen-bond donors (Lipinski definition) is 2. The van der Waals surface area contributed by atoms with Crippen molar-refractivity contribution in [1.82, 2.24) is 15.2 Å². The Morgan fingerprint density at radius 1 is 1.33 bits per heavy atom. The van der Waals surface area contributed by atoms with E-state index >= 15 is 0 Å². The normalized spacial score (nSPS) is 12.3. The highest BCUT2D eigenvalue weighted by Crippen LogP contribution is 2.25. The summed E-state index contributed by atoms with van der Waals surface area (Å²) < 4.78 is 11.2. The summed E-state index contributed by atoms with van der Waals surface area (Å²) in [4.78, 5) is 4.38. The first-order chi connectivity index (χ1) is 10.2. The predicted molar refractivity (Wildman–Crippen MR) is 80.8 cm³/mol. The quantitative estimate of drug-likeness (QED) is 0.756. The van der Waals surface area contributed by atoms with E-state index in [1.54, 1.807) is 19.2 Å². The molecule has 0 aliphatic rings. The van der Waals surface area contributed by atoms with Crippen molar-refractivity contribution in [2.24, 2.45) is 5.73 Å². The van der Waals surface area contributed by atoms with E-state index in [4.69, 9.17) is 14.9 Å². The van der Waals surface area contributed by atoms with Gasteiger partial charge in [-0.2, -0.15) is 0 Å². The standard InChI is InChI=1S/C14H13BrN4O2/c1-20-9-4-2-3-8(7-9)12(16)14-17-13(18-19-14)10-5-6-11(15)21-10/h2-7,12H,16H2,1H3,(H,17,18,19). The van der Waals surface area contributed by atoms with E-state index in [-0.39, 0.29) is 0 Å². The molecular weight excluding hydrogens is 336 g/mol. The van der Waals surface area contributed by atoms with Gasteiger partial charge in [0.25, 0.3) is 0 Å². The molecule has 21 heavy (non-hydrogen) atoms. The second-order valence-corrected chi connectivity index (χ2v) is 5.18. The zero-order valence-corrected chi connectivity index (χ0v) is 12.8. The lowest BCUT2D eigenvalue weighted by molar-refractivity contribution is 0.414. The Balaban J connectivity index is 1.88. The molecule has 1 aromatic carbocycles. The summed E-state index contributed by atoms with van der Waals surface area (Å²) in [5, 5.41) is 6.97. The van der Waals surface area contributed by atoms with E-state index in [1.807, 2.05) is 24.3 Å². The van der Waals surface area contributed by atoms with Crippen molar-refractivity contribution >= 4 is 15.9 Å². The van der Waals surface area contributed by atoms with Gasteiger partial charge in [0.2, 0.25) is 5.82 Å². The number of aromatic nitrogens is 3. The van der Waals surface area contributed by atoms with Gasteiger partial charge in [-0.25, -0.2) is 4.98 Å². The van der Waals surface area contributed by atoms with Crippen LogP contribution in [0, 0.1) is 0 Å². The van der Waals surface area contributed by atoms with Crippen molar-refractivity contribution in [2.75, 3.05) is 7.11 Å². The Kier molecular flexibility index (Phi) is 3.76. The van der Waals surface area contributed by atoms with Crippen molar-refractivity contribution in [3.05, 3.63) is 52.5 Å². The Morgan fingerprint density at radius 2 is 2.19 bits per heavy atom. The maximum absolute atomic E-state index is 6.21. The van der Waals surface area contributed by atoms with E-state index in [1.165, 1.54) is 0 Å². The number of aromatic amines is 1. The SMILES string of the molecule is COc1cccc(C(N)c2nc(-c3ccc(Br)o3)n[nH]2)c1. The molecular formula is C14H13BrN4O2. The molecule has 0 saturated heterocycles. The number of halogens is 1. The minimum Gasteiger partial charge on any atom is -0.497 e. The summed E-state index contributed by atoms with van der Waals surface area (Å²) in [6.07, 6.45) is 0. The van der Waals surface area contributed by atoms with Crippen LogP contribution in [-0.2, 0) is 0 Å². The summed E-state index contributed by atoms with van der Waals surface area (Å²) in [6.45, 7) is 0. The van der Waals surface area contributed by atoms with E-state index < -0.39 is 6.04 Å². The maximum Gasteiger partial charge on any atom is 0.217 e. The Morgan fingerprint density at radius 3 is 2.90 bits per heavy atom. The molecule has 2 heterocycles. The highest BCUT2D eigenvalue weighted by Gasteiger charge is 2.16. The predicted octanol–water partition coefficient (Wildman–Crippen LogP) is 2.88. The van der Waals surface area contributed by atoms with Gasteiger partial charge in [0.05, 0.1) is 13.2 Å². The average molecular weight is 349 g/mol. The molecule has 3 rings (SSSR count). The van der Waals surface area contributed by atoms with Crippen LogP contribution in [0.5, 0.6) is 5.75 Å². The molecule has 1 atom stereocenters. The van der Waals surface area contributed by atoms with Crippen LogP contribution in [0.4, 0.5) is 0 Å². The Hall–Kier alpha value is -2.12. The molecule has 3 N–H and O–H groups in total. The molecule has 3 aromatic rings. The fourth-order valence-electron chi connectivity index (χ4n) is 1.95. The van der Waals surface area contributed by atoms with Crippen LogP contribution in [0.2, 0.25) is 0 Å². The van der Waals surface area contributed by atoms with Gasteiger partial charge in [-0.3, -0.25) is 5.10 Å². The lowest BCUT2D eigenvalue weighted by Gasteiger charge is -2.09. The number of methoxy groups -OCH3 is 1. The van der Waals surface area contributed by atoms with E-state index in [2.05, 4.69) is 31.1 Å². The van der Waals surface area contributed by atoms with Crippen LogP contribution in [0.1, 0.15) is 17.4 Å². The number of hydrogen-bond acceptors (Lipinski definition) is 5. The van der Waals surface area contributed by atoms with Crippen molar-refractivity contribution in [1.29, 1.82) is 0 Å². The van der Waals surface area contributed by atoms with Crippen LogP contribution in [0.25, 0.3) is 11.6 Å². The Bertz CT molecular complexity index is 753. The Labute approximate surface area is 129 Å². The van der Waals surface area contributed by atoms with E-state index in [9.17, 15) is 0 Å². The number of nitrogens with two attached hydrogens (primary N) is 1. The number of nitrogens with zero attached hydrogens (tertiary/aromatic N) is 2.